The maximum atomic E-state index is 12.8. The van der Waals surface area contributed by atoms with Crippen LogP contribution < -0.4 is 0 Å². The second kappa shape index (κ2) is 6.16. The Bertz CT molecular complexity index is 364. The van der Waals surface area contributed by atoms with Crippen molar-refractivity contribution in [2.45, 2.75) is 49.8 Å². The highest BCUT2D eigenvalue weighted by molar-refractivity contribution is 4.87. The van der Waals surface area contributed by atoms with Gasteiger partial charge in [-0.3, -0.25) is 9.47 Å². The summed E-state index contributed by atoms with van der Waals surface area (Å²) >= 11 is 0. The largest absolute Gasteiger partial charge is 0.431 e. The van der Waals surface area contributed by atoms with Crippen LogP contribution in [0.2, 0.25) is 0 Å². The Balaban J connectivity index is 5.41. The molecule has 0 saturated heterocycles. The van der Waals surface area contributed by atoms with Gasteiger partial charge in [-0.05, 0) is 0 Å². The average Bonchev–Trinajstić information content (AvgIpc) is 2.24. The van der Waals surface area contributed by atoms with Gasteiger partial charge in [-0.2, -0.15) is 35.1 Å². The molecule has 0 aliphatic carbocycles. The van der Waals surface area contributed by atoms with E-state index in [2.05, 4.69) is 4.74 Å². The van der Waals surface area contributed by atoms with Crippen LogP contribution in [0.4, 0.5) is 52.7 Å². The van der Waals surface area contributed by atoms with Crippen molar-refractivity contribution in [3.05, 3.63) is 0 Å². The van der Waals surface area contributed by atoms with Gasteiger partial charge < -0.3 is 5.11 Å². The summed E-state index contributed by atoms with van der Waals surface area (Å²) in [6, 6.07) is 0. The molecule has 15 heteroatoms. The van der Waals surface area contributed by atoms with Crippen molar-refractivity contribution in [3.63, 3.8) is 0 Å². The lowest BCUT2D eigenvalue weighted by atomic mass is 10.3. The summed E-state index contributed by atoms with van der Waals surface area (Å²) < 4.78 is 153. The lowest BCUT2D eigenvalue weighted by Gasteiger charge is -2.33. The highest BCUT2D eigenvalue weighted by Crippen LogP contribution is 2.49. The molecule has 23 heavy (non-hydrogen) atoms. The van der Waals surface area contributed by atoms with Crippen molar-refractivity contribution in [2.75, 3.05) is 0 Å². The molecule has 0 spiro atoms. The molecule has 140 valence electrons. The van der Waals surface area contributed by atoms with Gasteiger partial charge in [-0.25, -0.2) is 17.6 Å². The maximum absolute atomic E-state index is 12.8. The third kappa shape index (κ3) is 5.00. The van der Waals surface area contributed by atoms with Gasteiger partial charge in [-0.15, -0.1) is 0 Å². The van der Waals surface area contributed by atoms with Gasteiger partial charge in [0.25, 0.3) is 18.6 Å². The zero-order chi connectivity index (χ0) is 19.1. The summed E-state index contributed by atoms with van der Waals surface area (Å²) in [7, 11) is 0. The molecule has 2 atom stereocenters. The van der Waals surface area contributed by atoms with Crippen molar-refractivity contribution < 1.29 is 67.3 Å². The smallest absolute Gasteiger partial charge is 0.332 e. The summed E-state index contributed by atoms with van der Waals surface area (Å²) in [6.45, 7) is -0.440. The Labute approximate surface area is 118 Å². The number of halogens is 12. The molecule has 2 unspecified atom stereocenters. The lowest BCUT2D eigenvalue weighted by Crippen LogP contribution is -2.59. The summed E-state index contributed by atoms with van der Waals surface area (Å²) in [5.41, 5.74) is 0. The van der Waals surface area contributed by atoms with Crippen LogP contribution in [0.5, 0.6) is 0 Å². The zero-order valence-electron chi connectivity index (χ0n) is 10.5. The third-order valence-electron chi connectivity index (χ3n) is 1.91. The van der Waals surface area contributed by atoms with Crippen LogP contribution in [-0.2, 0) is 9.47 Å². The number of rotatable bonds is 8. The normalized spacial score (nSPS) is 18.0. The first-order valence-corrected chi connectivity index (χ1v) is 5.01. The lowest BCUT2D eigenvalue weighted by molar-refractivity contribution is -0.491. The highest BCUT2D eigenvalue weighted by atomic mass is 19.4. The first kappa shape index (κ1) is 22.0. The number of hydrogen-bond acceptors (Lipinski definition) is 3. The van der Waals surface area contributed by atoms with Crippen molar-refractivity contribution in [3.8, 4) is 0 Å². The fourth-order valence-electron chi connectivity index (χ4n) is 0.752. The second-order valence-corrected chi connectivity index (χ2v) is 4.02. The van der Waals surface area contributed by atoms with Crippen LogP contribution in [0.25, 0.3) is 0 Å². The van der Waals surface area contributed by atoms with E-state index in [0.29, 0.717) is 0 Å². The highest BCUT2D eigenvalue weighted by Gasteiger charge is 2.77. The molecule has 0 aliphatic heterocycles. The predicted molar refractivity (Wildman–Crippen MR) is 44.6 cm³/mol. The Hall–Kier alpha value is -0.960. The summed E-state index contributed by atoms with van der Waals surface area (Å²) in [4.78, 5) is 0. The average molecular weight is 378 g/mol. The van der Waals surface area contributed by atoms with Gasteiger partial charge >= 0.3 is 24.2 Å². The first-order chi connectivity index (χ1) is 9.76. The molecule has 0 amide bonds. The Morgan fingerprint density at radius 3 is 1.26 bits per heavy atom. The molecule has 0 aliphatic rings. The van der Waals surface area contributed by atoms with E-state index in [1.54, 1.807) is 0 Å². The van der Waals surface area contributed by atoms with Crippen molar-refractivity contribution in [1.82, 2.24) is 0 Å². The quantitative estimate of drug-likeness (QED) is 0.656. The Morgan fingerprint density at radius 2 is 1.00 bits per heavy atom. The van der Waals surface area contributed by atoms with E-state index in [1.165, 1.54) is 0 Å². The van der Waals surface area contributed by atoms with E-state index in [4.69, 9.17) is 5.11 Å². The molecule has 3 nitrogen and oxygen atoms in total. The fraction of sp³-hybridized carbons (Fsp3) is 1.00. The van der Waals surface area contributed by atoms with Gasteiger partial charge in [0.2, 0.25) is 0 Å². The summed E-state index contributed by atoms with van der Waals surface area (Å²) in [5, 5.41) is 7.58. The van der Waals surface area contributed by atoms with Crippen LogP contribution in [0.3, 0.4) is 0 Å². The molecule has 0 aromatic heterocycles. The van der Waals surface area contributed by atoms with Crippen LogP contribution in [0.1, 0.15) is 6.92 Å². The minimum atomic E-state index is -7.08. The molecule has 0 fully saturated rings. The molecular formula is C8H6F12O3. The first-order valence-electron chi connectivity index (χ1n) is 5.01. The van der Waals surface area contributed by atoms with Crippen LogP contribution in [-0.4, -0.2) is 48.0 Å². The molecule has 1 N–H and O–H groups in total. The van der Waals surface area contributed by atoms with E-state index in [-0.39, 0.29) is 0 Å². The van der Waals surface area contributed by atoms with Gasteiger partial charge in [0.1, 0.15) is 0 Å². The molecule has 0 aromatic rings. The number of hydrogen-bond donors (Lipinski definition) is 1. The Kier molecular flexibility index (Phi) is 5.90. The van der Waals surface area contributed by atoms with Gasteiger partial charge in [-0.1, -0.05) is 0 Å². The van der Waals surface area contributed by atoms with Gasteiger partial charge in [0.05, 0.1) is 0 Å². The fourth-order valence-corrected chi connectivity index (χ4v) is 0.752. The molecular weight excluding hydrogens is 372 g/mol. The van der Waals surface area contributed by atoms with Crippen molar-refractivity contribution in [1.29, 1.82) is 0 Å². The van der Waals surface area contributed by atoms with Crippen molar-refractivity contribution in [2.24, 2.45) is 0 Å². The number of aliphatic hydroxyl groups is 1. The summed E-state index contributed by atoms with van der Waals surface area (Å²) in [6.07, 6.45) is -28.8. The Morgan fingerprint density at radius 1 is 0.696 bits per heavy atom. The minimum Gasteiger partial charge on any atom is -0.332 e. The minimum absolute atomic E-state index is 0.440. The van der Waals surface area contributed by atoms with Crippen molar-refractivity contribution >= 4 is 0 Å². The zero-order valence-corrected chi connectivity index (χ0v) is 10.5. The van der Waals surface area contributed by atoms with E-state index in [0.717, 1.165) is 0 Å². The molecule has 0 aromatic carbocycles. The topological polar surface area (TPSA) is 38.7 Å². The second-order valence-electron chi connectivity index (χ2n) is 4.02. The van der Waals surface area contributed by atoms with E-state index in [1.807, 2.05) is 4.74 Å². The summed E-state index contributed by atoms with van der Waals surface area (Å²) in [5.74, 6) is -11.9. The number of alkyl halides is 12. The van der Waals surface area contributed by atoms with E-state index < -0.39 is 49.8 Å². The van der Waals surface area contributed by atoms with Crippen LogP contribution in [0, 0.1) is 0 Å². The maximum Gasteiger partial charge on any atom is 0.431 e. The molecule has 0 radical (unpaired) electrons. The third-order valence-corrected chi connectivity index (χ3v) is 1.91. The van der Waals surface area contributed by atoms with Crippen LogP contribution >= 0.6 is 0 Å². The van der Waals surface area contributed by atoms with Crippen LogP contribution in [0.15, 0.2) is 0 Å². The molecule has 0 heterocycles. The predicted octanol–water partition coefficient (Wildman–Crippen LogP) is 3.67. The number of ether oxygens (including phenoxy) is 2. The molecule has 0 rings (SSSR count). The molecule has 0 saturated carbocycles. The molecule has 0 bridgehead atoms. The SMILES string of the molecule is CC(F)(F)C(F)OC(F)(F)C(F)(F)C(F)(F)OC(F)C(O)(F)F. The van der Waals surface area contributed by atoms with E-state index >= 15 is 0 Å². The standard InChI is InChI=1S/C8H6F12O3/c1-4(11,12)2(9)22-7(17,18)6(15,16)8(19,20)23-3(10)5(13,14)21/h2-3,21H,1H3. The monoisotopic (exact) mass is 378 g/mol. The van der Waals surface area contributed by atoms with E-state index in [9.17, 15) is 52.7 Å². The van der Waals surface area contributed by atoms with Gasteiger partial charge in [0, 0.05) is 6.92 Å². The van der Waals surface area contributed by atoms with Gasteiger partial charge in [0.15, 0.2) is 0 Å².